The summed E-state index contributed by atoms with van der Waals surface area (Å²) in [5, 5.41) is 0. The SMILES string of the molecule is C=Cc1ccc(OC(CC)OC2CCCC2)cc1. The molecule has 1 saturated carbocycles. The molecule has 0 bridgehead atoms. The Morgan fingerprint density at radius 2 is 1.94 bits per heavy atom. The van der Waals surface area contributed by atoms with E-state index in [1.54, 1.807) is 0 Å². The average Bonchev–Trinajstić information content (AvgIpc) is 2.91. The summed E-state index contributed by atoms with van der Waals surface area (Å²) in [6, 6.07) is 7.95. The van der Waals surface area contributed by atoms with Crippen LogP contribution < -0.4 is 4.74 Å². The van der Waals surface area contributed by atoms with Crippen LogP contribution >= 0.6 is 0 Å². The monoisotopic (exact) mass is 246 g/mol. The maximum atomic E-state index is 5.98. The molecule has 0 amide bonds. The number of hydrogen-bond donors (Lipinski definition) is 0. The van der Waals surface area contributed by atoms with Gasteiger partial charge in [0.2, 0.25) is 0 Å². The van der Waals surface area contributed by atoms with Crippen molar-refractivity contribution in [3.63, 3.8) is 0 Å². The van der Waals surface area contributed by atoms with Crippen molar-refractivity contribution in [2.24, 2.45) is 0 Å². The number of hydrogen-bond acceptors (Lipinski definition) is 2. The van der Waals surface area contributed by atoms with Crippen LogP contribution in [0.25, 0.3) is 6.08 Å². The Kier molecular flexibility index (Phi) is 4.82. The summed E-state index contributed by atoms with van der Waals surface area (Å²) in [6.07, 6.45) is 7.90. The van der Waals surface area contributed by atoms with Crippen molar-refractivity contribution >= 4 is 6.08 Å². The van der Waals surface area contributed by atoms with Gasteiger partial charge in [-0.1, -0.05) is 44.6 Å². The minimum absolute atomic E-state index is 0.123. The maximum Gasteiger partial charge on any atom is 0.199 e. The highest BCUT2D eigenvalue weighted by Crippen LogP contribution is 2.24. The van der Waals surface area contributed by atoms with Crippen LogP contribution in [-0.4, -0.2) is 12.4 Å². The molecule has 0 radical (unpaired) electrons. The van der Waals surface area contributed by atoms with Gasteiger partial charge in [0.25, 0.3) is 0 Å². The zero-order valence-corrected chi connectivity index (χ0v) is 11.1. The molecule has 0 aromatic heterocycles. The third kappa shape index (κ3) is 3.61. The van der Waals surface area contributed by atoms with Crippen molar-refractivity contribution in [1.82, 2.24) is 0 Å². The summed E-state index contributed by atoms with van der Waals surface area (Å²) < 4.78 is 11.8. The molecule has 1 fully saturated rings. The lowest BCUT2D eigenvalue weighted by atomic mass is 10.2. The van der Waals surface area contributed by atoms with E-state index in [9.17, 15) is 0 Å². The lowest BCUT2D eigenvalue weighted by Gasteiger charge is -2.22. The number of rotatable bonds is 6. The second-order valence-corrected chi connectivity index (χ2v) is 4.77. The first-order chi connectivity index (χ1) is 8.81. The summed E-state index contributed by atoms with van der Waals surface area (Å²) in [6.45, 7) is 5.84. The minimum Gasteiger partial charge on any atom is -0.465 e. The molecule has 1 aromatic carbocycles. The average molecular weight is 246 g/mol. The fourth-order valence-electron chi connectivity index (χ4n) is 2.28. The van der Waals surface area contributed by atoms with Gasteiger partial charge in [0.15, 0.2) is 6.29 Å². The highest BCUT2D eigenvalue weighted by molar-refractivity contribution is 5.48. The van der Waals surface area contributed by atoms with Crippen LogP contribution in [0.15, 0.2) is 30.8 Å². The van der Waals surface area contributed by atoms with E-state index >= 15 is 0 Å². The molecule has 98 valence electrons. The van der Waals surface area contributed by atoms with Gasteiger partial charge in [-0.05, 0) is 30.5 Å². The molecule has 2 heteroatoms. The molecule has 0 aliphatic heterocycles. The van der Waals surface area contributed by atoms with Crippen LogP contribution in [-0.2, 0) is 4.74 Å². The van der Waals surface area contributed by atoms with Gasteiger partial charge in [0.1, 0.15) is 5.75 Å². The topological polar surface area (TPSA) is 18.5 Å². The standard InChI is InChI=1S/C16H22O2/c1-3-13-9-11-15(12-10-13)18-16(4-2)17-14-7-5-6-8-14/h3,9-12,14,16H,1,4-8H2,2H3. The van der Waals surface area contributed by atoms with E-state index in [1.807, 2.05) is 30.3 Å². The van der Waals surface area contributed by atoms with E-state index in [0.717, 1.165) is 17.7 Å². The van der Waals surface area contributed by atoms with Gasteiger partial charge in [0.05, 0.1) is 6.10 Å². The lowest BCUT2D eigenvalue weighted by Crippen LogP contribution is -2.24. The van der Waals surface area contributed by atoms with Crippen LogP contribution in [0.2, 0.25) is 0 Å². The van der Waals surface area contributed by atoms with Gasteiger partial charge < -0.3 is 9.47 Å². The van der Waals surface area contributed by atoms with Crippen molar-refractivity contribution in [2.45, 2.75) is 51.4 Å². The Morgan fingerprint density at radius 1 is 1.28 bits per heavy atom. The molecule has 1 aromatic rings. The summed E-state index contributed by atoms with van der Waals surface area (Å²) in [5.74, 6) is 0.866. The molecule has 1 aliphatic rings. The molecule has 1 unspecified atom stereocenters. The molecule has 1 aliphatic carbocycles. The van der Waals surface area contributed by atoms with Gasteiger partial charge in [-0.2, -0.15) is 0 Å². The zero-order valence-electron chi connectivity index (χ0n) is 11.1. The zero-order chi connectivity index (χ0) is 12.8. The van der Waals surface area contributed by atoms with Crippen molar-refractivity contribution in [3.8, 4) is 5.75 Å². The Morgan fingerprint density at radius 3 is 2.50 bits per heavy atom. The molecular formula is C16H22O2. The Bertz CT molecular complexity index is 363. The highest BCUT2D eigenvalue weighted by Gasteiger charge is 2.20. The lowest BCUT2D eigenvalue weighted by molar-refractivity contribution is -0.117. The number of ether oxygens (including phenoxy) is 2. The molecule has 2 rings (SSSR count). The molecule has 18 heavy (non-hydrogen) atoms. The Labute approximate surface area is 110 Å². The first kappa shape index (κ1) is 13.2. The third-order valence-corrected chi connectivity index (χ3v) is 3.36. The van der Waals surface area contributed by atoms with Gasteiger partial charge in [-0.15, -0.1) is 0 Å². The second kappa shape index (κ2) is 6.60. The maximum absolute atomic E-state index is 5.98. The van der Waals surface area contributed by atoms with Crippen LogP contribution in [0.5, 0.6) is 5.75 Å². The van der Waals surface area contributed by atoms with E-state index in [1.165, 1.54) is 25.7 Å². The second-order valence-electron chi connectivity index (χ2n) is 4.77. The smallest absolute Gasteiger partial charge is 0.199 e. The predicted molar refractivity (Wildman–Crippen MR) is 74.6 cm³/mol. The Balaban J connectivity index is 1.89. The number of benzene rings is 1. The van der Waals surface area contributed by atoms with Gasteiger partial charge in [0, 0.05) is 6.42 Å². The summed E-state index contributed by atoms with van der Waals surface area (Å²) >= 11 is 0. The summed E-state index contributed by atoms with van der Waals surface area (Å²) in [7, 11) is 0. The quantitative estimate of drug-likeness (QED) is 0.692. The summed E-state index contributed by atoms with van der Waals surface area (Å²) in [4.78, 5) is 0. The van der Waals surface area contributed by atoms with Gasteiger partial charge in [-0.25, -0.2) is 0 Å². The van der Waals surface area contributed by atoms with Crippen molar-refractivity contribution in [2.75, 3.05) is 0 Å². The first-order valence-electron chi connectivity index (χ1n) is 6.86. The van der Waals surface area contributed by atoms with Crippen molar-refractivity contribution < 1.29 is 9.47 Å². The van der Waals surface area contributed by atoms with Crippen LogP contribution in [0.4, 0.5) is 0 Å². The van der Waals surface area contributed by atoms with Crippen LogP contribution in [0.1, 0.15) is 44.6 Å². The van der Waals surface area contributed by atoms with E-state index in [2.05, 4.69) is 13.5 Å². The molecule has 0 heterocycles. The summed E-state index contributed by atoms with van der Waals surface area (Å²) in [5.41, 5.74) is 1.10. The Hall–Kier alpha value is -1.28. The minimum atomic E-state index is -0.123. The fourth-order valence-corrected chi connectivity index (χ4v) is 2.28. The van der Waals surface area contributed by atoms with Gasteiger partial charge >= 0.3 is 0 Å². The van der Waals surface area contributed by atoms with Crippen LogP contribution in [0, 0.1) is 0 Å². The molecule has 0 N–H and O–H groups in total. The van der Waals surface area contributed by atoms with E-state index in [-0.39, 0.29) is 6.29 Å². The molecule has 1 atom stereocenters. The van der Waals surface area contributed by atoms with Crippen LogP contribution in [0.3, 0.4) is 0 Å². The molecule has 0 saturated heterocycles. The highest BCUT2D eigenvalue weighted by atomic mass is 16.7. The predicted octanol–water partition coefficient (Wildman–Crippen LogP) is 4.40. The normalized spacial score (nSPS) is 17.6. The van der Waals surface area contributed by atoms with E-state index in [4.69, 9.17) is 9.47 Å². The third-order valence-electron chi connectivity index (χ3n) is 3.36. The van der Waals surface area contributed by atoms with Gasteiger partial charge in [-0.3, -0.25) is 0 Å². The molecular weight excluding hydrogens is 224 g/mol. The molecule has 0 spiro atoms. The van der Waals surface area contributed by atoms with E-state index in [0.29, 0.717) is 6.10 Å². The van der Waals surface area contributed by atoms with E-state index < -0.39 is 0 Å². The van der Waals surface area contributed by atoms with Crippen molar-refractivity contribution in [3.05, 3.63) is 36.4 Å². The fraction of sp³-hybridized carbons (Fsp3) is 0.500. The molecule has 2 nitrogen and oxygen atoms in total. The van der Waals surface area contributed by atoms with Crippen molar-refractivity contribution in [1.29, 1.82) is 0 Å². The first-order valence-corrected chi connectivity index (χ1v) is 6.86. The largest absolute Gasteiger partial charge is 0.465 e.